The minimum Gasteiger partial charge on any atom is -0.473 e. The van der Waals surface area contributed by atoms with Gasteiger partial charge in [0, 0.05) is 20.1 Å². The first-order valence-electron chi connectivity index (χ1n) is 5.71. The predicted molar refractivity (Wildman–Crippen MR) is 67.0 cm³/mol. The number of nitrogens with zero attached hydrogens (tertiary/aromatic N) is 2. The lowest BCUT2D eigenvalue weighted by atomic mass is 10.2. The molecule has 0 saturated heterocycles. The summed E-state index contributed by atoms with van der Waals surface area (Å²) >= 11 is 0. The summed E-state index contributed by atoms with van der Waals surface area (Å²) in [6.07, 6.45) is 1.35. The van der Waals surface area contributed by atoms with Crippen LogP contribution in [0.5, 0.6) is 5.88 Å². The van der Waals surface area contributed by atoms with Gasteiger partial charge in [0.2, 0.25) is 5.88 Å². The highest BCUT2D eigenvalue weighted by Gasteiger charge is 2.13. The molecule has 5 heteroatoms. The molecule has 1 aromatic rings. The molecule has 96 valence electrons. The third kappa shape index (κ3) is 3.87. The van der Waals surface area contributed by atoms with Gasteiger partial charge in [-0.3, -0.25) is 0 Å². The van der Waals surface area contributed by atoms with Crippen molar-refractivity contribution in [3.63, 3.8) is 0 Å². The Balaban J connectivity index is 2.70. The van der Waals surface area contributed by atoms with Crippen LogP contribution >= 0.6 is 0 Å². The average Bonchev–Trinajstić information content (AvgIpc) is 2.51. The molecule has 17 heavy (non-hydrogen) atoms. The van der Waals surface area contributed by atoms with Crippen molar-refractivity contribution in [3.8, 4) is 5.88 Å². The SMILES string of the molecule is C=CCOc1c(CNCC(C)O)c(C)nn1C. The molecule has 0 radical (unpaired) electrons. The summed E-state index contributed by atoms with van der Waals surface area (Å²) in [5.74, 6) is 0.750. The standard InChI is InChI=1S/C12H21N3O2/c1-5-6-17-12-11(8-13-7-9(2)16)10(3)14-15(12)4/h5,9,13,16H,1,6-8H2,2-4H3. The molecular weight excluding hydrogens is 218 g/mol. The summed E-state index contributed by atoms with van der Waals surface area (Å²) < 4.78 is 7.30. The fourth-order valence-electron chi connectivity index (χ4n) is 1.61. The van der Waals surface area contributed by atoms with E-state index in [4.69, 9.17) is 4.74 Å². The Morgan fingerprint density at radius 3 is 2.94 bits per heavy atom. The number of nitrogens with one attached hydrogen (secondary N) is 1. The van der Waals surface area contributed by atoms with Crippen molar-refractivity contribution in [2.75, 3.05) is 13.2 Å². The van der Waals surface area contributed by atoms with E-state index < -0.39 is 0 Å². The average molecular weight is 239 g/mol. The summed E-state index contributed by atoms with van der Waals surface area (Å²) in [5, 5.41) is 16.7. The first kappa shape index (κ1) is 13.7. The third-order valence-electron chi connectivity index (χ3n) is 2.37. The van der Waals surface area contributed by atoms with Gasteiger partial charge >= 0.3 is 0 Å². The molecule has 0 bridgehead atoms. The van der Waals surface area contributed by atoms with Crippen LogP contribution in [-0.4, -0.2) is 34.1 Å². The molecular formula is C12H21N3O2. The van der Waals surface area contributed by atoms with Crippen molar-refractivity contribution in [2.45, 2.75) is 26.5 Å². The monoisotopic (exact) mass is 239 g/mol. The van der Waals surface area contributed by atoms with E-state index in [1.807, 2.05) is 14.0 Å². The quantitative estimate of drug-likeness (QED) is 0.690. The zero-order chi connectivity index (χ0) is 12.8. The van der Waals surface area contributed by atoms with E-state index >= 15 is 0 Å². The fourth-order valence-corrected chi connectivity index (χ4v) is 1.61. The molecule has 0 aromatic carbocycles. The first-order valence-corrected chi connectivity index (χ1v) is 5.71. The van der Waals surface area contributed by atoms with Crippen LogP contribution in [-0.2, 0) is 13.6 Å². The van der Waals surface area contributed by atoms with Crippen LogP contribution in [0.4, 0.5) is 0 Å². The van der Waals surface area contributed by atoms with Crippen LogP contribution in [0.15, 0.2) is 12.7 Å². The second-order valence-corrected chi connectivity index (χ2v) is 4.07. The van der Waals surface area contributed by atoms with Crippen molar-refractivity contribution in [1.29, 1.82) is 0 Å². The molecule has 5 nitrogen and oxygen atoms in total. The highest BCUT2D eigenvalue weighted by Crippen LogP contribution is 2.21. The largest absolute Gasteiger partial charge is 0.473 e. The number of hydrogen-bond donors (Lipinski definition) is 2. The van der Waals surface area contributed by atoms with Crippen LogP contribution < -0.4 is 10.1 Å². The topological polar surface area (TPSA) is 59.3 Å². The Kier molecular flexibility index (Phi) is 5.18. The summed E-state index contributed by atoms with van der Waals surface area (Å²) in [6, 6.07) is 0. The number of aromatic nitrogens is 2. The van der Waals surface area contributed by atoms with E-state index in [2.05, 4.69) is 17.0 Å². The summed E-state index contributed by atoms with van der Waals surface area (Å²) in [6.45, 7) is 8.96. The van der Waals surface area contributed by atoms with Gasteiger partial charge in [0.15, 0.2) is 0 Å². The molecule has 1 rings (SSSR count). The Labute approximate surface area is 102 Å². The highest BCUT2D eigenvalue weighted by molar-refractivity contribution is 5.31. The minimum absolute atomic E-state index is 0.357. The molecule has 0 spiro atoms. The van der Waals surface area contributed by atoms with Gasteiger partial charge in [0.05, 0.1) is 17.4 Å². The van der Waals surface area contributed by atoms with Crippen LogP contribution in [0, 0.1) is 6.92 Å². The fraction of sp³-hybridized carbons (Fsp3) is 0.583. The van der Waals surface area contributed by atoms with Crippen LogP contribution in [0.3, 0.4) is 0 Å². The Hall–Kier alpha value is -1.33. The van der Waals surface area contributed by atoms with Gasteiger partial charge in [-0.1, -0.05) is 12.7 Å². The lowest BCUT2D eigenvalue weighted by molar-refractivity contribution is 0.190. The van der Waals surface area contributed by atoms with Crippen molar-refractivity contribution >= 4 is 0 Å². The van der Waals surface area contributed by atoms with Crippen molar-refractivity contribution in [3.05, 3.63) is 23.9 Å². The second kappa shape index (κ2) is 6.42. The van der Waals surface area contributed by atoms with E-state index in [0.29, 0.717) is 19.7 Å². The van der Waals surface area contributed by atoms with Gasteiger partial charge in [-0.2, -0.15) is 5.10 Å². The van der Waals surface area contributed by atoms with Gasteiger partial charge in [0.25, 0.3) is 0 Å². The maximum absolute atomic E-state index is 9.19. The van der Waals surface area contributed by atoms with Crippen LogP contribution in [0.25, 0.3) is 0 Å². The van der Waals surface area contributed by atoms with Gasteiger partial charge in [-0.05, 0) is 13.8 Å². The Morgan fingerprint density at radius 1 is 1.65 bits per heavy atom. The predicted octanol–water partition coefficient (Wildman–Crippen LogP) is 0.764. The van der Waals surface area contributed by atoms with E-state index in [9.17, 15) is 5.11 Å². The number of hydrogen-bond acceptors (Lipinski definition) is 4. The molecule has 1 aromatic heterocycles. The Bertz CT molecular complexity index is 372. The maximum atomic E-state index is 9.19. The molecule has 0 saturated carbocycles. The minimum atomic E-state index is -0.357. The zero-order valence-corrected chi connectivity index (χ0v) is 10.7. The number of rotatable bonds is 7. The lowest BCUT2D eigenvalue weighted by Crippen LogP contribution is -2.24. The van der Waals surface area contributed by atoms with E-state index in [0.717, 1.165) is 17.1 Å². The molecule has 0 amide bonds. The number of aryl methyl sites for hydroxylation is 2. The first-order chi connectivity index (χ1) is 8.06. The van der Waals surface area contributed by atoms with E-state index in [-0.39, 0.29) is 6.10 Å². The zero-order valence-electron chi connectivity index (χ0n) is 10.7. The summed E-state index contributed by atoms with van der Waals surface area (Å²) in [4.78, 5) is 0. The van der Waals surface area contributed by atoms with Gasteiger partial charge in [0.1, 0.15) is 6.61 Å². The van der Waals surface area contributed by atoms with Crippen molar-refractivity contribution < 1.29 is 9.84 Å². The summed E-state index contributed by atoms with van der Waals surface area (Å²) in [5.41, 5.74) is 1.96. The van der Waals surface area contributed by atoms with E-state index in [1.54, 1.807) is 17.7 Å². The van der Waals surface area contributed by atoms with Crippen molar-refractivity contribution in [1.82, 2.24) is 15.1 Å². The number of aliphatic hydroxyl groups is 1. The molecule has 1 atom stereocenters. The number of ether oxygens (including phenoxy) is 1. The third-order valence-corrected chi connectivity index (χ3v) is 2.37. The smallest absolute Gasteiger partial charge is 0.216 e. The number of aliphatic hydroxyl groups excluding tert-OH is 1. The summed E-state index contributed by atoms with van der Waals surface area (Å²) in [7, 11) is 1.85. The van der Waals surface area contributed by atoms with Crippen LogP contribution in [0.1, 0.15) is 18.2 Å². The molecule has 0 aliphatic carbocycles. The lowest BCUT2D eigenvalue weighted by Gasteiger charge is -2.09. The van der Waals surface area contributed by atoms with Crippen LogP contribution in [0.2, 0.25) is 0 Å². The van der Waals surface area contributed by atoms with Gasteiger partial charge in [-0.15, -0.1) is 0 Å². The normalized spacial score (nSPS) is 12.5. The molecule has 0 fully saturated rings. The van der Waals surface area contributed by atoms with E-state index in [1.165, 1.54) is 0 Å². The Morgan fingerprint density at radius 2 is 2.35 bits per heavy atom. The van der Waals surface area contributed by atoms with Gasteiger partial charge in [-0.25, -0.2) is 4.68 Å². The molecule has 2 N–H and O–H groups in total. The molecule has 1 unspecified atom stereocenters. The molecule has 0 aliphatic heterocycles. The maximum Gasteiger partial charge on any atom is 0.216 e. The molecule has 0 aliphatic rings. The highest BCUT2D eigenvalue weighted by atomic mass is 16.5. The second-order valence-electron chi connectivity index (χ2n) is 4.07. The molecule has 1 heterocycles. The van der Waals surface area contributed by atoms with Gasteiger partial charge < -0.3 is 15.2 Å². The van der Waals surface area contributed by atoms with Crippen molar-refractivity contribution in [2.24, 2.45) is 7.05 Å².